The first-order valence-electron chi connectivity index (χ1n) is 9.90. The molecule has 0 spiro atoms. The third-order valence-corrected chi connectivity index (χ3v) is 4.73. The lowest BCUT2D eigenvalue weighted by atomic mass is 10.3. The van der Waals surface area contributed by atoms with Crippen LogP contribution in [0.1, 0.15) is 33.5 Å². The van der Waals surface area contributed by atoms with Gasteiger partial charge in [0.15, 0.2) is 11.5 Å². The lowest BCUT2D eigenvalue weighted by Gasteiger charge is -2.10. The zero-order chi connectivity index (χ0) is 21.2. The number of aromatic nitrogens is 4. The number of nitrogens with zero attached hydrogens (tertiary/aromatic N) is 4. The zero-order valence-corrected chi connectivity index (χ0v) is 18.4. The smallest absolute Gasteiger partial charge is 0.269 e. The molecule has 0 radical (unpaired) electrons. The van der Waals surface area contributed by atoms with E-state index in [1.54, 1.807) is 22.9 Å². The molecule has 0 unspecified atom stereocenters. The number of fused-ring (bicyclic) bond motifs is 1. The fourth-order valence-corrected chi connectivity index (χ4v) is 3.32. The molecule has 0 amide bonds. The Balaban J connectivity index is 0.000000707. The number of thiophene rings is 1. The zero-order valence-electron chi connectivity index (χ0n) is 17.6. The first-order valence-corrected chi connectivity index (χ1v) is 10.8. The molecule has 1 aromatic carbocycles. The maximum Gasteiger partial charge on any atom is 0.269 e. The summed E-state index contributed by atoms with van der Waals surface area (Å²) in [6.07, 6.45) is 0.564. The highest BCUT2D eigenvalue weighted by Gasteiger charge is 2.13. The van der Waals surface area contributed by atoms with Crippen LogP contribution in [0.3, 0.4) is 0 Å². The van der Waals surface area contributed by atoms with Gasteiger partial charge in [-0.2, -0.15) is 0 Å². The summed E-state index contributed by atoms with van der Waals surface area (Å²) in [7, 11) is 1.71. The van der Waals surface area contributed by atoms with E-state index >= 15 is 0 Å². The lowest BCUT2D eigenvalue weighted by Crippen LogP contribution is -2.19. The number of hydrogen-bond donors (Lipinski definition) is 0. The topological polar surface area (TPSA) is 61.4 Å². The van der Waals surface area contributed by atoms with Gasteiger partial charge in [0.1, 0.15) is 11.6 Å². The molecule has 0 saturated carbocycles. The Kier molecular flexibility index (Phi) is 8.61. The Morgan fingerprint density at radius 3 is 2.38 bits per heavy atom. The van der Waals surface area contributed by atoms with Crippen molar-refractivity contribution in [2.75, 3.05) is 6.61 Å². The van der Waals surface area contributed by atoms with E-state index in [9.17, 15) is 4.79 Å². The largest absolute Gasteiger partial charge is 0.493 e. The number of ether oxygens (including phenoxy) is 1. The quantitative estimate of drug-likeness (QED) is 0.471. The standard InChI is InChI=1S/C18H16N4O2S.2C2H6/c1-21-17(23)12-16-20-18(14-8-5-11-25-14)19-15(22(16)21)9-10-24-13-6-3-2-4-7-13;2*1-2/h2-8,11-12H,9-10H2,1H3;2*1-2H3. The van der Waals surface area contributed by atoms with Gasteiger partial charge in [-0.3, -0.25) is 4.79 Å². The number of para-hydroxylation sites is 1. The van der Waals surface area contributed by atoms with Crippen LogP contribution in [0.4, 0.5) is 0 Å². The van der Waals surface area contributed by atoms with E-state index in [4.69, 9.17) is 4.74 Å². The van der Waals surface area contributed by atoms with Gasteiger partial charge >= 0.3 is 0 Å². The van der Waals surface area contributed by atoms with E-state index < -0.39 is 0 Å². The maximum absolute atomic E-state index is 12.0. The summed E-state index contributed by atoms with van der Waals surface area (Å²) in [6.45, 7) is 8.46. The van der Waals surface area contributed by atoms with Crippen molar-refractivity contribution in [3.8, 4) is 16.5 Å². The van der Waals surface area contributed by atoms with Gasteiger partial charge in [0, 0.05) is 19.5 Å². The Labute approximate surface area is 175 Å². The van der Waals surface area contributed by atoms with Gasteiger partial charge < -0.3 is 4.74 Å². The molecule has 0 aliphatic rings. The summed E-state index contributed by atoms with van der Waals surface area (Å²) in [5.74, 6) is 2.19. The highest BCUT2D eigenvalue weighted by molar-refractivity contribution is 7.13. The first kappa shape index (κ1) is 22.4. The van der Waals surface area contributed by atoms with Crippen LogP contribution in [0.5, 0.6) is 5.75 Å². The van der Waals surface area contributed by atoms with E-state index in [0.717, 1.165) is 16.5 Å². The maximum atomic E-state index is 12.0. The first-order chi connectivity index (χ1) is 14.2. The third kappa shape index (κ3) is 5.32. The number of benzene rings is 1. The second kappa shape index (κ2) is 11.2. The molecule has 0 bridgehead atoms. The fraction of sp³-hybridized carbons (Fsp3) is 0.318. The predicted molar refractivity (Wildman–Crippen MR) is 120 cm³/mol. The van der Waals surface area contributed by atoms with E-state index in [2.05, 4.69) is 9.97 Å². The van der Waals surface area contributed by atoms with Crippen molar-refractivity contribution in [1.82, 2.24) is 19.2 Å². The van der Waals surface area contributed by atoms with Crippen LogP contribution in [-0.4, -0.2) is 25.8 Å². The summed E-state index contributed by atoms with van der Waals surface area (Å²) in [4.78, 5) is 22.2. The second-order valence-electron chi connectivity index (χ2n) is 5.53. The fourth-order valence-electron chi connectivity index (χ4n) is 2.66. The molecule has 3 aromatic heterocycles. The summed E-state index contributed by atoms with van der Waals surface area (Å²) in [5, 5.41) is 1.98. The minimum absolute atomic E-state index is 0.108. The van der Waals surface area contributed by atoms with Crippen molar-refractivity contribution in [2.45, 2.75) is 34.1 Å². The predicted octanol–water partition coefficient (Wildman–Crippen LogP) is 4.83. The van der Waals surface area contributed by atoms with Gasteiger partial charge in [-0.05, 0) is 23.6 Å². The van der Waals surface area contributed by atoms with Gasteiger partial charge in [0.05, 0.1) is 11.5 Å². The molecule has 0 saturated heterocycles. The molecule has 0 fully saturated rings. The molecule has 4 rings (SSSR count). The molecule has 6 nitrogen and oxygen atoms in total. The van der Waals surface area contributed by atoms with Gasteiger partial charge in [-0.15, -0.1) is 11.3 Å². The molecular formula is C22H28N4O2S. The Morgan fingerprint density at radius 2 is 1.72 bits per heavy atom. The molecule has 0 N–H and O–H groups in total. The highest BCUT2D eigenvalue weighted by atomic mass is 32.1. The number of hydrogen-bond acceptors (Lipinski definition) is 5. The van der Waals surface area contributed by atoms with Crippen LogP contribution in [0, 0.1) is 0 Å². The van der Waals surface area contributed by atoms with Crippen LogP contribution in [0.2, 0.25) is 0 Å². The normalized spacial score (nSPS) is 9.97. The van der Waals surface area contributed by atoms with E-state index in [0.29, 0.717) is 24.5 Å². The summed E-state index contributed by atoms with van der Waals surface area (Å²) < 4.78 is 9.04. The third-order valence-electron chi connectivity index (χ3n) is 3.87. The second-order valence-corrected chi connectivity index (χ2v) is 6.48. The van der Waals surface area contributed by atoms with Gasteiger partial charge in [-0.25, -0.2) is 19.2 Å². The van der Waals surface area contributed by atoms with E-state index in [1.807, 2.05) is 75.5 Å². The van der Waals surface area contributed by atoms with Crippen LogP contribution in [0.25, 0.3) is 16.3 Å². The minimum atomic E-state index is -0.108. The molecule has 4 aromatic rings. The monoisotopic (exact) mass is 412 g/mol. The molecular weight excluding hydrogens is 384 g/mol. The van der Waals surface area contributed by atoms with Crippen molar-refractivity contribution in [3.05, 3.63) is 70.1 Å². The Hall–Kier alpha value is -2.93. The number of aryl methyl sites for hydroxylation is 1. The summed E-state index contributed by atoms with van der Waals surface area (Å²) in [6, 6.07) is 15.1. The SMILES string of the molecule is CC.CC.Cn1c(=O)cc2nc(-c3cccs3)nc(CCOc3ccccc3)n21. The van der Waals surface area contributed by atoms with Crippen molar-refractivity contribution >= 4 is 17.0 Å². The van der Waals surface area contributed by atoms with Crippen LogP contribution < -0.4 is 10.3 Å². The average molecular weight is 413 g/mol. The minimum Gasteiger partial charge on any atom is -0.493 e. The van der Waals surface area contributed by atoms with Gasteiger partial charge in [0.25, 0.3) is 5.56 Å². The Morgan fingerprint density at radius 1 is 1.00 bits per heavy atom. The van der Waals surface area contributed by atoms with Crippen LogP contribution >= 0.6 is 11.3 Å². The lowest BCUT2D eigenvalue weighted by molar-refractivity contribution is 0.316. The van der Waals surface area contributed by atoms with E-state index in [-0.39, 0.29) is 5.56 Å². The van der Waals surface area contributed by atoms with Gasteiger partial charge in [-0.1, -0.05) is 52.0 Å². The van der Waals surface area contributed by atoms with Crippen molar-refractivity contribution in [3.63, 3.8) is 0 Å². The van der Waals surface area contributed by atoms with Crippen molar-refractivity contribution in [1.29, 1.82) is 0 Å². The molecule has 0 aliphatic heterocycles. The molecule has 0 atom stereocenters. The van der Waals surface area contributed by atoms with Crippen molar-refractivity contribution in [2.24, 2.45) is 7.05 Å². The summed E-state index contributed by atoms with van der Waals surface area (Å²) in [5.41, 5.74) is 0.489. The average Bonchev–Trinajstić information content (AvgIpc) is 3.40. The molecule has 29 heavy (non-hydrogen) atoms. The molecule has 3 heterocycles. The highest BCUT2D eigenvalue weighted by Crippen LogP contribution is 2.22. The van der Waals surface area contributed by atoms with E-state index in [1.165, 1.54) is 10.7 Å². The van der Waals surface area contributed by atoms with Gasteiger partial charge in [0.2, 0.25) is 0 Å². The molecule has 0 aliphatic carbocycles. The Bertz CT molecular complexity index is 1050. The van der Waals surface area contributed by atoms with Crippen molar-refractivity contribution < 1.29 is 4.74 Å². The van der Waals surface area contributed by atoms with Crippen LogP contribution in [-0.2, 0) is 13.5 Å². The molecule has 7 heteroatoms. The summed E-state index contributed by atoms with van der Waals surface area (Å²) >= 11 is 1.57. The van der Waals surface area contributed by atoms with Crippen LogP contribution in [0.15, 0.2) is 58.7 Å². The molecule has 154 valence electrons. The number of rotatable bonds is 5.